The molecule has 1 N–H and O–H groups in total. The number of nitrogens with one attached hydrogen (secondary N) is 1. The van der Waals surface area contributed by atoms with E-state index < -0.39 is 0 Å². The molecule has 4 rings (SSSR count). The van der Waals surface area contributed by atoms with Crippen LogP contribution in [0.1, 0.15) is 87.4 Å². The van der Waals surface area contributed by atoms with Crippen LogP contribution in [0.3, 0.4) is 0 Å². The Morgan fingerprint density at radius 2 is 1.97 bits per heavy atom. The van der Waals surface area contributed by atoms with E-state index in [1.165, 1.54) is 30.6 Å². The fourth-order valence-electron chi connectivity index (χ4n) is 5.35. The van der Waals surface area contributed by atoms with Gasteiger partial charge in [0.25, 0.3) is 0 Å². The third-order valence-electron chi connectivity index (χ3n) is 6.57. The van der Waals surface area contributed by atoms with Gasteiger partial charge in [-0.1, -0.05) is 19.9 Å². The van der Waals surface area contributed by atoms with Gasteiger partial charge in [0.1, 0.15) is 11.6 Å². The molecule has 2 aliphatic rings. The van der Waals surface area contributed by atoms with Crippen LogP contribution < -0.4 is 5.32 Å². The van der Waals surface area contributed by atoms with Crippen LogP contribution in [0.25, 0.3) is 0 Å². The number of hydrogen-bond acceptors (Lipinski definition) is 5. The minimum Gasteiger partial charge on any atom is -0.349 e. The molecule has 2 aliphatic heterocycles. The summed E-state index contributed by atoms with van der Waals surface area (Å²) >= 11 is 1.73. The first-order valence-electron chi connectivity index (χ1n) is 10.9. The maximum absolute atomic E-state index is 11.7. The fourth-order valence-corrected chi connectivity index (χ4v) is 6.16. The van der Waals surface area contributed by atoms with E-state index in [2.05, 4.69) is 63.3 Å². The zero-order valence-corrected chi connectivity index (χ0v) is 18.8. The quantitative estimate of drug-likeness (QED) is 0.736. The lowest BCUT2D eigenvalue weighted by molar-refractivity contribution is -0.119. The standard InChI is InChI=1S/C22H33N5OS/c1-14(2)22-25-24-15(3)27(22)19-12-17-7-8-18(13-19)26(17)10-9-20(23-16(4)28)21-6-5-11-29-21/h5-6,11,14,17-20H,7-10,12-13H2,1-4H3,(H,23,28)/t17-,18+,19?,20?. The van der Waals surface area contributed by atoms with E-state index in [0.717, 1.165) is 24.6 Å². The van der Waals surface area contributed by atoms with E-state index in [9.17, 15) is 4.79 Å². The summed E-state index contributed by atoms with van der Waals surface area (Å²) in [7, 11) is 0. The number of rotatable bonds is 7. The summed E-state index contributed by atoms with van der Waals surface area (Å²) < 4.78 is 2.42. The number of aryl methyl sites for hydroxylation is 1. The van der Waals surface area contributed by atoms with E-state index in [-0.39, 0.29) is 11.9 Å². The Balaban J connectivity index is 1.43. The third kappa shape index (κ3) is 4.26. The van der Waals surface area contributed by atoms with Crippen LogP contribution in [-0.4, -0.2) is 44.2 Å². The van der Waals surface area contributed by atoms with Crippen molar-refractivity contribution < 1.29 is 4.79 Å². The van der Waals surface area contributed by atoms with Gasteiger partial charge in [0.2, 0.25) is 5.91 Å². The molecule has 2 fully saturated rings. The summed E-state index contributed by atoms with van der Waals surface area (Å²) in [6, 6.07) is 6.09. The van der Waals surface area contributed by atoms with Crippen LogP contribution in [0.4, 0.5) is 0 Å². The first-order chi connectivity index (χ1) is 13.9. The summed E-state index contributed by atoms with van der Waals surface area (Å²) in [4.78, 5) is 15.7. The second-order valence-corrected chi connectivity index (χ2v) is 9.91. The smallest absolute Gasteiger partial charge is 0.217 e. The van der Waals surface area contributed by atoms with Gasteiger partial charge in [0, 0.05) is 42.4 Å². The van der Waals surface area contributed by atoms with Crippen LogP contribution in [0.5, 0.6) is 0 Å². The number of thiophene rings is 1. The topological polar surface area (TPSA) is 63.1 Å². The normalized spacial score (nSPS) is 25.5. The predicted molar refractivity (Wildman–Crippen MR) is 116 cm³/mol. The Labute approximate surface area is 177 Å². The molecule has 0 aliphatic carbocycles. The minimum absolute atomic E-state index is 0.0503. The highest BCUT2D eigenvalue weighted by Crippen LogP contribution is 2.42. The molecule has 2 aromatic heterocycles. The van der Waals surface area contributed by atoms with Crippen LogP contribution >= 0.6 is 11.3 Å². The van der Waals surface area contributed by atoms with Crippen molar-refractivity contribution >= 4 is 17.2 Å². The first-order valence-corrected chi connectivity index (χ1v) is 11.8. The Morgan fingerprint density at radius 1 is 1.24 bits per heavy atom. The number of piperidine rings is 1. The highest BCUT2D eigenvalue weighted by atomic mass is 32.1. The Bertz CT molecular complexity index is 816. The second-order valence-electron chi connectivity index (χ2n) is 8.94. The number of carbonyl (C=O) groups is 1. The van der Waals surface area contributed by atoms with Gasteiger partial charge < -0.3 is 9.88 Å². The lowest BCUT2D eigenvalue weighted by Gasteiger charge is -2.40. The van der Waals surface area contributed by atoms with Crippen molar-refractivity contribution in [1.82, 2.24) is 25.0 Å². The van der Waals surface area contributed by atoms with Gasteiger partial charge in [-0.2, -0.15) is 0 Å². The van der Waals surface area contributed by atoms with Crippen LogP contribution in [0.15, 0.2) is 17.5 Å². The monoisotopic (exact) mass is 415 g/mol. The van der Waals surface area contributed by atoms with Gasteiger partial charge in [-0.3, -0.25) is 9.69 Å². The van der Waals surface area contributed by atoms with Crippen LogP contribution in [0.2, 0.25) is 0 Å². The first kappa shape index (κ1) is 20.5. The van der Waals surface area contributed by atoms with Crippen molar-refractivity contribution in [1.29, 1.82) is 0 Å². The molecule has 29 heavy (non-hydrogen) atoms. The van der Waals surface area contributed by atoms with E-state index in [1.54, 1.807) is 18.3 Å². The average molecular weight is 416 g/mol. The summed E-state index contributed by atoms with van der Waals surface area (Å²) in [5, 5.41) is 14.1. The lowest BCUT2D eigenvalue weighted by Crippen LogP contribution is -2.45. The molecule has 0 radical (unpaired) electrons. The number of amides is 1. The van der Waals surface area contributed by atoms with Crippen molar-refractivity contribution in [3.05, 3.63) is 34.0 Å². The molecule has 158 valence electrons. The van der Waals surface area contributed by atoms with Crippen molar-refractivity contribution in [3.63, 3.8) is 0 Å². The van der Waals surface area contributed by atoms with Crippen molar-refractivity contribution in [3.8, 4) is 0 Å². The van der Waals surface area contributed by atoms with E-state index in [4.69, 9.17) is 0 Å². The molecule has 2 unspecified atom stereocenters. The van der Waals surface area contributed by atoms with Gasteiger partial charge in [-0.05, 0) is 50.5 Å². The van der Waals surface area contributed by atoms with Gasteiger partial charge in [-0.25, -0.2) is 0 Å². The van der Waals surface area contributed by atoms with E-state index >= 15 is 0 Å². The van der Waals surface area contributed by atoms with Crippen LogP contribution in [-0.2, 0) is 4.79 Å². The maximum atomic E-state index is 11.7. The number of nitrogens with zero attached hydrogens (tertiary/aromatic N) is 4. The molecule has 0 saturated carbocycles. The van der Waals surface area contributed by atoms with Crippen molar-refractivity contribution in [2.45, 2.75) is 89.9 Å². The summed E-state index contributed by atoms with van der Waals surface area (Å²) in [5.41, 5.74) is 0. The Morgan fingerprint density at radius 3 is 2.55 bits per heavy atom. The molecule has 7 heteroatoms. The third-order valence-corrected chi connectivity index (χ3v) is 7.56. The van der Waals surface area contributed by atoms with E-state index in [0.29, 0.717) is 24.0 Å². The molecule has 0 spiro atoms. The molecular formula is C22H33N5OS. The molecule has 2 aromatic rings. The average Bonchev–Trinajstić information content (AvgIpc) is 3.37. The summed E-state index contributed by atoms with van der Waals surface area (Å²) in [6.45, 7) is 9.16. The minimum atomic E-state index is 0.0503. The lowest BCUT2D eigenvalue weighted by atomic mass is 9.95. The molecule has 4 heterocycles. The molecule has 4 atom stereocenters. The van der Waals surface area contributed by atoms with Crippen molar-refractivity contribution in [2.24, 2.45) is 0 Å². The highest BCUT2D eigenvalue weighted by Gasteiger charge is 2.42. The number of hydrogen-bond donors (Lipinski definition) is 1. The zero-order valence-electron chi connectivity index (χ0n) is 18.0. The van der Waals surface area contributed by atoms with Gasteiger partial charge in [-0.15, -0.1) is 21.5 Å². The second kappa shape index (κ2) is 8.56. The zero-order chi connectivity index (χ0) is 20.5. The van der Waals surface area contributed by atoms with Crippen LogP contribution in [0, 0.1) is 6.92 Å². The highest BCUT2D eigenvalue weighted by molar-refractivity contribution is 7.10. The molecule has 2 saturated heterocycles. The maximum Gasteiger partial charge on any atom is 0.217 e. The fraction of sp³-hybridized carbons (Fsp3) is 0.682. The molecular weight excluding hydrogens is 382 g/mol. The van der Waals surface area contributed by atoms with Gasteiger partial charge >= 0.3 is 0 Å². The predicted octanol–water partition coefficient (Wildman–Crippen LogP) is 4.21. The largest absolute Gasteiger partial charge is 0.349 e. The number of fused-ring (bicyclic) bond motifs is 2. The molecule has 6 nitrogen and oxygen atoms in total. The number of aromatic nitrogens is 3. The van der Waals surface area contributed by atoms with Crippen molar-refractivity contribution in [2.75, 3.05) is 6.54 Å². The molecule has 2 bridgehead atoms. The molecule has 1 amide bonds. The summed E-state index contributed by atoms with van der Waals surface area (Å²) in [5.74, 6) is 2.63. The Kier molecular flexibility index (Phi) is 6.06. The van der Waals surface area contributed by atoms with Gasteiger partial charge in [0.15, 0.2) is 0 Å². The molecule has 0 aromatic carbocycles. The summed E-state index contributed by atoms with van der Waals surface area (Å²) in [6.07, 6.45) is 5.89. The SMILES string of the molecule is CC(=O)NC(CCN1[C@@H]2CC[C@H]1CC(n1c(C)nnc1C(C)C)C2)c1cccs1. The Hall–Kier alpha value is -1.73. The van der Waals surface area contributed by atoms with E-state index in [1.807, 2.05) is 0 Å². The number of carbonyl (C=O) groups excluding carboxylic acids is 1. The van der Waals surface area contributed by atoms with Gasteiger partial charge in [0.05, 0.1) is 6.04 Å².